The van der Waals surface area contributed by atoms with E-state index in [1.54, 1.807) is 6.92 Å². The molecule has 0 aromatic carbocycles. The molecule has 76 valence electrons. The molecule has 0 saturated carbocycles. The van der Waals surface area contributed by atoms with Crippen LogP contribution in [0, 0.1) is 0 Å². The van der Waals surface area contributed by atoms with Crippen molar-refractivity contribution in [3.8, 4) is 0 Å². The van der Waals surface area contributed by atoms with Gasteiger partial charge < -0.3 is 0 Å². The van der Waals surface area contributed by atoms with Crippen LogP contribution in [0.15, 0.2) is 0 Å². The summed E-state index contributed by atoms with van der Waals surface area (Å²) in [5.41, 5.74) is 0. The van der Waals surface area contributed by atoms with E-state index in [1.807, 2.05) is 0 Å². The first-order chi connectivity index (χ1) is 6.25. The molecule has 0 aliphatic carbocycles. The van der Waals surface area contributed by atoms with Crippen molar-refractivity contribution in [1.29, 1.82) is 0 Å². The first-order valence-electron chi connectivity index (χ1n) is 5.06. The highest BCUT2D eigenvalue weighted by atomic mass is 19.1. The quantitative estimate of drug-likeness (QED) is 0.668. The van der Waals surface area contributed by atoms with Gasteiger partial charge in [0.05, 0.1) is 12.7 Å². The molecule has 0 amide bonds. The molecule has 0 radical (unpaired) electrons. The predicted molar refractivity (Wildman–Crippen MR) is 50.5 cm³/mol. The highest BCUT2D eigenvalue weighted by Gasteiger charge is 2.24. The molecule has 0 aromatic heterocycles. The summed E-state index contributed by atoms with van der Waals surface area (Å²) in [6.07, 6.45) is 3.80. The second kappa shape index (κ2) is 5.32. The van der Waals surface area contributed by atoms with E-state index in [1.165, 1.54) is 0 Å². The van der Waals surface area contributed by atoms with Gasteiger partial charge in [-0.25, -0.2) is 0 Å². The number of hydrogen-bond acceptors (Lipinski definition) is 2. The number of carbonyl (C=O) groups excluding carboxylic acids is 1. The normalized spacial score (nSPS) is 24.6. The molecule has 1 unspecified atom stereocenters. The molecule has 1 aliphatic rings. The Hall–Kier alpha value is -0.440. The second-order valence-corrected chi connectivity index (χ2v) is 3.70. The lowest BCUT2D eigenvalue weighted by Crippen LogP contribution is -2.44. The van der Waals surface area contributed by atoms with E-state index in [-0.39, 0.29) is 18.5 Å². The fourth-order valence-corrected chi connectivity index (χ4v) is 1.98. The third-order valence-electron chi connectivity index (χ3n) is 2.66. The summed E-state index contributed by atoms with van der Waals surface area (Å²) < 4.78 is 12.0. The van der Waals surface area contributed by atoms with Crippen LogP contribution in [-0.2, 0) is 4.79 Å². The van der Waals surface area contributed by atoms with Gasteiger partial charge in [-0.05, 0) is 32.7 Å². The summed E-state index contributed by atoms with van der Waals surface area (Å²) in [6, 6.07) is 0.0697. The number of rotatable bonds is 4. The summed E-state index contributed by atoms with van der Waals surface area (Å²) >= 11 is 0. The van der Waals surface area contributed by atoms with Crippen molar-refractivity contribution >= 4 is 5.78 Å². The Balaban J connectivity index is 2.41. The van der Waals surface area contributed by atoms with Gasteiger partial charge in [0.1, 0.15) is 5.78 Å². The Bertz CT molecular complexity index is 172. The Morgan fingerprint density at radius 1 is 1.54 bits per heavy atom. The largest absolute Gasteiger partial charge is 0.298 e. The molecule has 1 heterocycles. The molecule has 0 N–H and O–H groups in total. The fraction of sp³-hybridized carbons (Fsp3) is 0.900. The van der Waals surface area contributed by atoms with Crippen LogP contribution >= 0.6 is 0 Å². The average Bonchev–Trinajstić information content (AvgIpc) is 2.15. The highest BCUT2D eigenvalue weighted by Crippen LogP contribution is 2.17. The summed E-state index contributed by atoms with van der Waals surface area (Å²) in [5.74, 6) is 0.235. The van der Waals surface area contributed by atoms with E-state index >= 15 is 0 Å². The number of piperidine rings is 1. The fourth-order valence-electron chi connectivity index (χ4n) is 1.98. The zero-order chi connectivity index (χ0) is 9.68. The molecule has 1 saturated heterocycles. The van der Waals surface area contributed by atoms with Crippen LogP contribution in [-0.4, -0.2) is 36.5 Å². The summed E-state index contributed by atoms with van der Waals surface area (Å²) in [6.45, 7) is 3.06. The Morgan fingerprint density at radius 3 is 2.92 bits per heavy atom. The molecule has 1 aliphatic heterocycles. The third kappa shape index (κ3) is 3.07. The van der Waals surface area contributed by atoms with E-state index in [0.29, 0.717) is 6.42 Å². The molecule has 13 heavy (non-hydrogen) atoms. The van der Waals surface area contributed by atoms with E-state index in [2.05, 4.69) is 4.90 Å². The maximum Gasteiger partial charge on any atom is 0.146 e. The van der Waals surface area contributed by atoms with Crippen molar-refractivity contribution in [2.45, 2.75) is 38.6 Å². The van der Waals surface area contributed by atoms with Gasteiger partial charge in [-0.1, -0.05) is 6.42 Å². The van der Waals surface area contributed by atoms with Crippen LogP contribution in [0.3, 0.4) is 0 Å². The van der Waals surface area contributed by atoms with Crippen molar-refractivity contribution < 1.29 is 9.18 Å². The van der Waals surface area contributed by atoms with E-state index < -0.39 is 0 Å². The van der Waals surface area contributed by atoms with E-state index in [0.717, 1.165) is 32.4 Å². The van der Waals surface area contributed by atoms with Gasteiger partial charge in [0.15, 0.2) is 0 Å². The third-order valence-corrected chi connectivity index (χ3v) is 2.66. The monoisotopic (exact) mass is 187 g/mol. The maximum atomic E-state index is 12.0. The topological polar surface area (TPSA) is 20.3 Å². The van der Waals surface area contributed by atoms with Crippen LogP contribution < -0.4 is 0 Å². The molecule has 1 atom stereocenters. The predicted octanol–water partition coefficient (Wildman–Crippen LogP) is 1.79. The first-order valence-corrected chi connectivity index (χ1v) is 5.06. The van der Waals surface area contributed by atoms with Gasteiger partial charge in [0.25, 0.3) is 0 Å². The van der Waals surface area contributed by atoms with Gasteiger partial charge in [-0.3, -0.25) is 14.1 Å². The van der Waals surface area contributed by atoms with Crippen LogP contribution in [0.4, 0.5) is 4.39 Å². The van der Waals surface area contributed by atoms with Crippen molar-refractivity contribution in [1.82, 2.24) is 4.90 Å². The van der Waals surface area contributed by atoms with Gasteiger partial charge in [0.2, 0.25) is 0 Å². The molecule has 0 aromatic rings. The molecule has 3 heteroatoms. The maximum absolute atomic E-state index is 12.0. The Kier molecular flexibility index (Phi) is 4.36. The average molecular weight is 187 g/mol. The molecule has 0 bridgehead atoms. The minimum Gasteiger partial charge on any atom is -0.298 e. The van der Waals surface area contributed by atoms with Gasteiger partial charge in [0, 0.05) is 6.54 Å². The van der Waals surface area contributed by atoms with Crippen LogP contribution in [0.5, 0.6) is 0 Å². The van der Waals surface area contributed by atoms with Gasteiger partial charge >= 0.3 is 0 Å². The number of likely N-dealkylation sites (tertiary alicyclic amines) is 1. The highest BCUT2D eigenvalue weighted by molar-refractivity contribution is 5.81. The minimum atomic E-state index is -0.277. The number of hydrogen-bond donors (Lipinski definition) is 0. The van der Waals surface area contributed by atoms with E-state index in [9.17, 15) is 9.18 Å². The zero-order valence-corrected chi connectivity index (χ0v) is 8.26. The standard InChI is InChI=1S/C10H18FNO/c1-9(13)10-5-2-3-7-12(10)8-4-6-11/h10H,2-8H2,1H3. The van der Waals surface area contributed by atoms with Crippen LogP contribution in [0.2, 0.25) is 0 Å². The van der Waals surface area contributed by atoms with Crippen molar-refractivity contribution in [3.63, 3.8) is 0 Å². The SMILES string of the molecule is CC(=O)C1CCCCN1CCCF. The molecular formula is C10H18FNO. The second-order valence-electron chi connectivity index (χ2n) is 3.70. The van der Waals surface area contributed by atoms with Crippen LogP contribution in [0.25, 0.3) is 0 Å². The lowest BCUT2D eigenvalue weighted by molar-refractivity contribution is -0.123. The molecule has 2 nitrogen and oxygen atoms in total. The number of halogens is 1. The number of carbonyl (C=O) groups is 1. The van der Waals surface area contributed by atoms with Crippen molar-refractivity contribution in [2.75, 3.05) is 19.8 Å². The van der Waals surface area contributed by atoms with Crippen LogP contribution in [0.1, 0.15) is 32.6 Å². The first kappa shape index (κ1) is 10.6. The summed E-state index contributed by atoms with van der Waals surface area (Å²) in [7, 11) is 0. The molecular weight excluding hydrogens is 169 g/mol. The summed E-state index contributed by atoms with van der Waals surface area (Å²) in [5, 5.41) is 0. The number of ketones is 1. The summed E-state index contributed by atoms with van der Waals surface area (Å²) in [4.78, 5) is 13.4. The lowest BCUT2D eigenvalue weighted by Gasteiger charge is -2.33. The molecule has 1 fully saturated rings. The molecule has 0 spiro atoms. The van der Waals surface area contributed by atoms with Crippen molar-refractivity contribution in [3.05, 3.63) is 0 Å². The zero-order valence-electron chi connectivity index (χ0n) is 8.26. The number of alkyl halides is 1. The van der Waals surface area contributed by atoms with Gasteiger partial charge in [-0.15, -0.1) is 0 Å². The number of nitrogens with zero attached hydrogens (tertiary/aromatic N) is 1. The molecule has 1 rings (SSSR count). The number of Topliss-reactive ketones (excluding diaryl/α,β-unsaturated/α-hetero) is 1. The van der Waals surface area contributed by atoms with Crippen molar-refractivity contribution in [2.24, 2.45) is 0 Å². The minimum absolute atomic E-state index is 0.0697. The lowest BCUT2D eigenvalue weighted by atomic mass is 9.99. The van der Waals surface area contributed by atoms with E-state index in [4.69, 9.17) is 0 Å². The van der Waals surface area contributed by atoms with Gasteiger partial charge in [-0.2, -0.15) is 0 Å². The Morgan fingerprint density at radius 2 is 2.31 bits per heavy atom. The smallest absolute Gasteiger partial charge is 0.146 e. The Labute approximate surface area is 79.1 Å².